The van der Waals surface area contributed by atoms with Gasteiger partial charge in [-0.25, -0.2) is 0 Å². The highest BCUT2D eigenvalue weighted by atomic mass is 16.3. The standard InChI is InChI=1S/C18H28N2O2/c1-3-20-11-9-15(10-12-20)13-17(21)19-14(2)18(22)16-7-5-4-6-8-16/h4-8,14-15,18,22H,3,9-13H2,1-2H3,(H,19,21)/t14-,18-/m0/s1. The summed E-state index contributed by atoms with van der Waals surface area (Å²) in [5.41, 5.74) is 0.839. The van der Waals surface area contributed by atoms with Gasteiger partial charge in [0.15, 0.2) is 0 Å². The minimum atomic E-state index is -0.660. The second kappa shape index (κ2) is 8.30. The van der Waals surface area contributed by atoms with Crippen molar-refractivity contribution in [3.8, 4) is 0 Å². The monoisotopic (exact) mass is 304 g/mol. The van der Waals surface area contributed by atoms with Gasteiger partial charge in [-0.05, 0) is 50.9 Å². The Labute approximate surface area is 133 Å². The second-order valence-electron chi connectivity index (χ2n) is 6.29. The van der Waals surface area contributed by atoms with Gasteiger partial charge in [-0.2, -0.15) is 0 Å². The molecule has 0 bridgehead atoms. The Morgan fingerprint density at radius 1 is 1.32 bits per heavy atom. The van der Waals surface area contributed by atoms with E-state index in [2.05, 4.69) is 17.1 Å². The average molecular weight is 304 g/mol. The van der Waals surface area contributed by atoms with E-state index in [-0.39, 0.29) is 11.9 Å². The van der Waals surface area contributed by atoms with Crippen LogP contribution in [0.2, 0.25) is 0 Å². The molecule has 2 N–H and O–H groups in total. The van der Waals surface area contributed by atoms with E-state index in [9.17, 15) is 9.90 Å². The van der Waals surface area contributed by atoms with E-state index in [1.54, 1.807) is 0 Å². The minimum Gasteiger partial charge on any atom is -0.386 e. The summed E-state index contributed by atoms with van der Waals surface area (Å²) in [6.45, 7) is 7.32. The van der Waals surface area contributed by atoms with Crippen molar-refractivity contribution in [1.82, 2.24) is 10.2 Å². The first-order valence-electron chi connectivity index (χ1n) is 8.35. The van der Waals surface area contributed by atoms with E-state index in [1.165, 1.54) is 0 Å². The highest BCUT2D eigenvalue weighted by Crippen LogP contribution is 2.21. The van der Waals surface area contributed by atoms with Crippen LogP contribution in [0.4, 0.5) is 0 Å². The molecule has 0 unspecified atom stereocenters. The lowest BCUT2D eigenvalue weighted by atomic mass is 9.93. The average Bonchev–Trinajstić information content (AvgIpc) is 2.55. The minimum absolute atomic E-state index is 0.0532. The zero-order valence-electron chi connectivity index (χ0n) is 13.7. The molecule has 2 atom stereocenters. The van der Waals surface area contributed by atoms with Gasteiger partial charge in [0.05, 0.1) is 12.1 Å². The summed E-state index contributed by atoms with van der Waals surface area (Å²) in [4.78, 5) is 14.6. The highest BCUT2D eigenvalue weighted by Gasteiger charge is 2.23. The largest absolute Gasteiger partial charge is 0.386 e. The molecular formula is C18H28N2O2. The van der Waals surface area contributed by atoms with Gasteiger partial charge in [0.1, 0.15) is 0 Å². The van der Waals surface area contributed by atoms with Crippen molar-refractivity contribution in [3.63, 3.8) is 0 Å². The van der Waals surface area contributed by atoms with Gasteiger partial charge >= 0.3 is 0 Å². The molecule has 22 heavy (non-hydrogen) atoms. The number of hydrogen-bond acceptors (Lipinski definition) is 3. The molecule has 1 aromatic rings. The Morgan fingerprint density at radius 2 is 1.95 bits per heavy atom. The SMILES string of the molecule is CCN1CCC(CC(=O)N[C@@H](C)[C@H](O)c2ccccc2)CC1. The fourth-order valence-corrected chi connectivity index (χ4v) is 3.10. The first-order valence-corrected chi connectivity index (χ1v) is 8.35. The van der Waals surface area contributed by atoms with Gasteiger partial charge in [0.25, 0.3) is 0 Å². The molecule has 0 radical (unpaired) electrons. The number of piperidine rings is 1. The third-order valence-corrected chi connectivity index (χ3v) is 4.63. The van der Waals surface area contributed by atoms with Crippen LogP contribution in [-0.2, 0) is 4.79 Å². The summed E-state index contributed by atoms with van der Waals surface area (Å²) in [5.74, 6) is 0.529. The Hall–Kier alpha value is -1.39. The molecule has 0 aromatic heterocycles. The van der Waals surface area contributed by atoms with Gasteiger partial charge in [-0.1, -0.05) is 37.3 Å². The van der Waals surface area contributed by atoms with Crippen molar-refractivity contribution >= 4 is 5.91 Å². The number of nitrogens with zero attached hydrogens (tertiary/aromatic N) is 1. The summed E-state index contributed by atoms with van der Waals surface area (Å²) < 4.78 is 0. The third-order valence-electron chi connectivity index (χ3n) is 4.63. The number of benzene rings is 1. The van der Waals surface area contributed by atoms with Crippen molar-refractivity contribution in [1.29, 1.82) is 0 Å². The van der Waals surface area contributed by atoms with Gasteiger partial charge < -0.3 is 15.3 Å². The van der Waals surface area contributed by atoms with Crippen LogP contribution < -0.4 is 5.32 Å². The van der Waals surface area contributed by atoms with Crippen LogP contribution in [0.15, 0.2) is 30.3 Å². The maximum absolute atomic E-state index is 12.2. The molecule has 1 aliphatic heterocycles. The lowest BCUT2D eigenvalue weighted by molar-refractivity contribution is -0.123. The smallest absolute Gasteiger partial charge is 0.220 e. The van der Waals surface area contributed by atoms with Crippen molar-refractivity contribution < 1.29 is 9.90 Å². The lowest BCUT2D eigenvalue weighted by Gasteiger charge is -2.31. The summed E-state index contributed by atoms with van der Waals surface area (Å²) in [7, 11) is 0. The van der Waals surface area contributed by atoms with Crippen molar-refractivity contribution in [2.24, 2.45) is 5.92 Å². The molecule has 1 aliphatic rings. The third kappa shape index (κ3) is 4.82. The van der Waals surface area contributed by atoms with Crippen LogP contribution in [0.1, 0.15) is 44.8 Å². The highest BCUT2D eigenvalue weighted by molar-refractivity contribution is 5.76. The zero-order valence-corrected chi connectivity index (χ0v) is 13.7. The molecule has 1 amide bonds. The predicted molar refractivity (Wildman–Crippen MR) is 88.5 cm³/mol. The number of aliphatic hydroxyl groups excluding tert-OH is 1. The van der Waals surface area contributed by atoms with Gasteiger partial charge in [-0.3, -0.25) is 4.79 Å². The van der Waals surface area contributed by atoms with Crippen LogP contribution in [0, 0.1) is 5.92 Å². The van der Waals surface area contributed by atoms with E-state index in [4.69, 9.17) is 0 Å². The van der Waals surface area contributed by atoms with E-state index in [0.717, 1.165) is 38.0 Å². The molecule has 122 valence electrons. The van der Waals surface area contributed by atoms with E-state index in [0.29, 0.717) is 12.3 Å². The number of rotatable bonds is 6. The molecule has 0 aliphatic carbocycles. The lowest BCUT2D eigenvalue weighted by Crippen LogP contribution is -2.40. The van der Waals surface area contributed by atoms with Gasteiger partial charge in [0.2, 0.25) is 5.91 Å². The van der Waals surface area contributed by atoms with E-state index >= 15 is 0 Å². The zero-order chi connectivity index (χ0) is 15.9. The molecule has 0 spiro atoms. The van der Waals surface area contributed by atoms with Crippen molar-refractivity contribution in [2.75, 3.05) is 19.6 Å². The predicted octanol–water partition coefficient (Wildman–Crippen LogP) is 2.35. The molecule has 4 heteroatoms. The van der Waals surface area contributed by atoms with Crippen LogP contribution in [-0.4, -0.2) is 41.6 Å². The maximum Gasteiger partial charge on any atom is 0.220 e. The number of carbonyl (C=O) groups excluding carboxylic acids is 1. The summed E-state index contributed by atoms with van der Waals surface area (Å²) in [6, 6.07) is 9.21. The van der Waals surface area contributed by atoms with Crippen molar-refractivity contribution in [2.45, 2.75) is 45.3 Å². The topological polar surface area (TPSA) is 52.6 Å². The molecule has 1 saturated heterocycles. The molecule has 1 fully saturated rings. The van der Waals surface area contributed by atoms with Crippen LogP contribution >= 0.6 is 0 Å². The molecule has 4 nitrogen and oxygen atoms in total. The van der Waals surface area contributed by atoms with E-state index in [1.807, 2.05) is 37.3 Å². The first kappa shape index (κ1) is 17.0. The number of likely N-dealkylation sites (tertiary alicyclic amines) is 1. The first-order chi connectivity index (χ1) is 10.6. The van der Waals surface area contributed by atoms with Crippen LogP contribution in [0.5, 0.6) is 0 Å². The fourth-order valence-electron chi connectivity index (χ4n) is 3.10. The van der Waals surface area contributed by atoms with Crippen LogP contribution in [0.3, 0.4) is 0 Å². The van der Waals surface area contributed by atoms with Gasteiger partial charge in [-0.15, -0.1) is 0 Å². The molecule has 0 saturated carbocycles. The molecular weight excluding hydrogens is 276 g/mol. The molecule has 1 aromatic carbocycles. The quantitative estimate of drug-likeness (QED) is 0.848. The second-order valence-corrected chi connectivity index (χ2v) is 6.29. The van der Waals surface area contributed by atoms with Gasteiger partial charge in [0, 0.05) is 6.42 Å². The summed E-state index contributed by atoms with van der Waals surface area (Å²) in [6.07, 6.45) is 2.10. The van der Waals surface area contributed by atoms with Crippen molar-refractivity contribution in [3.05, 3.63) is 35.9 Å². The number of nitrogens with one attached hydrogen (secondary N) is 1. The Morgan fingerprint density at radius 3 is 2.55 bits per heavy atom. The maximum atomic E-state index is 12.2. The summed E-state index contributed by atoms with van der Waals surface area (Å²) >= 11 is 0. The molecule has 2 rings (SSSR count). The summed E-state index contributed by atoms with van der Waals surface area (Å²) in [5, 5.41) is 13.2. The number of aliphatic hydroxyl groups is 1. The number of amides is 1. The Balaban J connectivity index is 1.77. The van der Waals surface area contributed by atoms with Crippen LogP contribution in [0.25, 0.3) is 0 Å². The fraction of sp³-hybridized carbons (Fsp3) is 0.611. The Bertz CT molecular complexity index is 455. The number of hydrogen-bond donors (Lipinski definition) is 2. The Kier molecular flexibility index (Phi) is 6.40. The molecule has 1 heterocycles. The van der Waals surface area contributed by atoms with E-state index < -0.39 is 6.10 Å². The number of carbonyl (C=O) groups is 1. The normalized spacial score (nSPS) is 19.6.